The molecular formula is C14H25NO7. The quantitative estimate of drug-likeness (QED) is 0.300. The van der Waals surface area contributed by atoms with Gasteiger partial charge in [0.2, 0.25) is 0 Å². The highest BCUT2D eigenvalue weighted by atomic mass is 16.6. The van der Waals surface area contributed by atoms with Gasteiger partial charge in [-0.1, -0.05) is 6.58 Å². The number of ether oxygens (including phenoxy) is 5. The van der Waals surface area contributed by atoms with Gasteiger partial charge in [-0.25, -0.2) is 9.59 Å². The van der Waals surface area contributed by atoms with Crippen LogP contribution < -0.4 is 5.32 Å². The van der Waals surface area contributed by atoms with Gasteiger partial charge in [-0.2, -0.15) is 0 Å². The highest BCUT2D eigenvalue weighted by Gasteiger charge is 2.04. The molecule has 22 heavy (non-hydrogen) atoms. The summed E-state index contributed by atoms with van der Waals surface area (Å²) in [6.07, 6.45) is -0.591. The molecule has 0 rings (SSSR count). The van der Waals surface area contributed by atoms with E-state index in [0.717, 1.165) is 0 Å². The minimum absolute atomic E-state index is 0.00553. The lowest BCUT2D eigenvalue weighted by Gasteiger charge is -2.08. The lowest BCUT2D eigenvalue weighted by Crippen LogP contribution is -2.29. The molecule has 0 bridgehead atoms. The molecule has 8 nitrogen and oxygen atoms in total. The van der Waals surface area contributed by atoms with E-state index in [1.54, 1.807) is 14.0 Å². The van der Waals surface area contributed by atoms with Crippen LogP contribution in [0.25, 0.3) is 0 Å². The van der Waals surface area contributed by atoms with Crippen LogP contribution in [0.2, 0.25) is 0 Å². The van der Waals surface area contributed by atoms with Gasteiger partial charge in [0.25, 0.3) is 0 Å². The van der Waals surface area contributed by atoms with Gasteiger partial charge < -0.3 is 29.0 Å². The first-order valence-electron chi connectivity index (χ1n) is 6.95. The molecule has 0 heterocycles. The summed E-state index contributed by atoms with van der Waals surface area (Å²) < 4.78 is 24.8. The smallest absolute Gasteiger partial charge is 0.407 e. The van der Waals surface area contributed by atoms with E-state index < -0.39 is 12.1 Å². The molecule has 0 aromatic carbocycles. The summed E-state index contributed by atoms with van der Waals surface area (Å²) >= 11 is 0. The second-order valence-corrected chi connectivity index (χ2v) is 4.20. The van der Waals surface area contributed by atoms with Gasteiger partial charge in [-0.05, 0) is 6.92 Å². The Labute approximate surface area is 130 Å². The molecule has 1 N–H and O–H groups in total. The van der Waals surface area contributed by atoms with E-state index in [1.807, 2.05) is 0 Å². The second-order valence-electron chi connectivity index (χ2n) is 4.20. The van der Waals surface area contributed by atoms with Crippen LogP contribution in [0, 0.1) is 0 Å². The molecule has 8 heteroatoms. The Hall–Kier alpha value is -1.64. The van der Waals surface area contributed by atoms with Gasteiger partial charge in [0.1, 0.15) is 13.2 Å². The Morgan fingerprint density at radius 2 is 1.50 bits per heavy atom. The van der Waals surface area contributed by atoms with Crippen LogP contribution in [0.3, 0.4) is 0 Å². The molecule has 0 aromatic heterocycles. The maximum atomic E-state index is 11.2. The highest BCUT2D eigenvalue weighted by Crippen LogP contribution is 1.91. The molecule has 0 aliphatic rings. The lowest BCUT2D eigenvalue weighted by molar-refractivity contribution is -0.139. The number of nitrogens with one attached hydrogen (secondary N) is 1. The molecule has 0 aliphatic carbocycles. The number of carbonyl (C=O) groups excluding carboxylic acids is 2. The predicted molar refractivity (Wildman–Crippen MR) is 78.6 cm³/mol. The van der Waals surface area contributed by atoms with Crippen LogP contribution in [0.5, 0.6) is 0 Å². The van der Waals surface area contributed by atoms with Crippen LogP contribution in [0.1, 0.15) is 6.92 Å². The summed E-state index contributed by atoms with van der Waals surface area (Å²) in [4.78, 5) is 22.3. The Morgan fingerprint density at radius 1 is 0.909 bits per heavy atom. The number of alkyl carbamates (subject to hydrolysis) is 1. The molecule has 0 saturated carbocycles. The van der Waals surface area contributed by atoms with Crippen molar-refractivity contribution in [1.29, 1.82) is 0 Å². The number of rotatable bonds is 13. The molecule has 0 spiro atoms. The molecule has 0 saturated heterocycles. The minimum Gasteiger partial charge on any atom is -0.459 e. The Bertz CT molecular complexity index is 333. The molecule has 0 radical (unpaired) electrons. The molecule has 128 valence electrons. The average molecular weight is 319 g/mol. The molecule has 1 amide bonds. The number of methoxy groups -OCH3 is 1. The van der Waals surface area contributed by atoms with Crippen LogP contribution in [-0.4, -0.2) is 72.0 Å². The van der Waals surface area contributed by atoms with Crippen LogP contribution in [0.4, 0.5) is 4.79 Å². The molecule has 0 aliphatic heterocycles. The number of carbonyl (C=O) groups is 2. The number of hydrogen-bond donors (Lipinski definition) is 1. The summed E-state index contributed by atoms with van der Waals surface area (Å²) in [7, 11) is 1.61. The highest BCUT2D eigenvalue weighted by molar-refractivity contribution is 5.86. The van der Waals surface area contributed by atoms with E-state index in [4.69, 9.17) is 23.7 Å². The van der Waals surface area contributed by atoms with Crippen molar-refractivity contribution in [2.45, 2.75) is 6.92 Å². The summed E-state index contributed by atoms with van der Waals surface area (Å²) in [5.41, 5.74) is 0.299. The van der Waals surface area contributed by atoms with Crippen LogP contribution >= 0.6 is 0 Å². The molecule has 0 unspecified atom stereocenters. The Morgan fingerprint density at radius 3 is 2.14 bits per heavy atom. The first-order valence-corrected chi connectivity index (χ1v) is 6.95. The van der Waals surface area contributed by atoms with Crippen molar-refractivity contribution in [3.05, 3.63) is 12.2 Å². The SMILES string of the molecule is C=C(C)C(=O)OCCOC(=O)NCCOCCOCCOC. The van der Waals surface area contributed by atoms with Crippen LogP contribution in [-0.2, 0) is 28.5 Å². The maximum absolute atomic E-state index is 11.2. The van der Waals surface area contributed by atoms with Gasteiger partial charge >= 0.3 is 12.1 Å². The van der Waals surface area contributed by atoms with Crippen LogP contribution in [0.15, 0.2) is 12.2 Å². The van der Waals surface area contributed by atoms with Gasteiger partial charge in [0.15, 0.2) is 0 Å². The van der Waals surface area contributed by atoms with E-state index in [1.165, 1.54) is 0 Å². The Kier molecular flexibility index (Phi) is 13.2. The van der Waals surface area contributed by atoms with E-state index in [2.05, 4.69) is 11.9 Å². The fourth-order valence-corrected chi connectivity index (χ4v) is 1.13. The second kappa shape index (κ2) is 14.3. The van der Waals surface area contributed by atoms with Crippen molar-refractivity contribution in [3.63, 3.8) is 0 Å². The van der Waals surface area contributed by atoms with E-state index in [9.17, 15) is 9.59 Å². The lowest BCUT2D eigenvalue weighted by atomic mass is 10.4. The van der Waals surface area contributed by atoms with Crippen molar-refractivity contribution >= 4 is 12.1 Å². The zero-order valence-electron chi connectivity index (χ0n) is 13.2. The van der Waals surface area contributed by atoms with Gasteiger partial charge in [-0.15, -0.1) is 0 Å². The zero-order valence-corrected chi connectivity index (χ0v) is 13.2. The van der Waals surface area contributed by atoms with E-state index in [0.29, 0.717) is 45.2 Å². The fourth-order valence-electron chi connectivity index (χ4n) is 1.13. The first kappa shape index (κ1) is 20.4. The van der Waals surface area contributed by atoms with Crippen molar-refractivity contribution in [2.24, 2.45) is 0 Å². The molecule has 0 fully saturated rings. The number of amides is 1. The summed E-state index contributed by atoms with van der Waals surface area (Å²) in [6, 6.07) is 0. The first-order chi connectivity index (χ1) is 10.6. The molecule has 0 atom stereocenters. The van der Waals surface area contributed by atoms with Gasteiger partial charge in [0.05, 0.1) is 33.0 Å². The minimum atomic E-state index is -0.591. The predicted octanol–water partition coefficient (Wildman–Crippen LogP) is 0.512. The Balaban J connectivity index is 3.29. The largest absolute Gasteiger partial charge is 0.459 e. The third-order valence-electron chi connectivity index (χ3n) is 2.22. The van der Waals surface area contributed by atoms with Crippen molar-refractivity contribution < 1.29 is 33.3 Å². The third kappa shape index (κ3) is 13.3. The van der Waals surface area contributed by atoms with Crippen molar-refractivity contribution in [2.75, 3.05) is 59.9 Å². The number of esters is 1. The third-order valence-corrected chi connectivity index (χ3v) is 2.22. The van der Waals surface area contributed by atoms with Crippen molar-refractivity contribution in [3.8, 4) is 0 Å². The normalized spacial score (nSPS) is 10.1. The molecular weight excluding hydrogens is 294 g/mol. The van der Waals surface area contributed by atoms with Gasteiger partial charge in [-0.3, -0.25) is 0 Å². The van der Waals surface area contributed by atoms with Crippen molar-refractivity contribution in [1.82, 2.24) is 5.32 Å². The standard InChI is InChI=1S/C14H25NO7/c1-12(2)13(16)21-10-11-22-14(17)15-4-5-19-8-9-20-7-6-18-3/h1,4-11H2,2-3H3,(H,15,17). The zero-order chi connectivity index (χ0) is 16.6. The molecule has 0 aromatic rings. The number of hydrogen-bond acceptors (Lipinski definition) is 7. The fraction of sp³-hybridized carbons (Fsp3) is 0.714. The topological polar surface area (TPSA) is 92.3 Å². The summed E-state index contributed by atoms with van der Waals surface area (Å²) in [6.45, 7) is 7.62. The summed E-state index contributed by atoms with van der Waals surface area (Å²) in [5, 5.41) is 2.50. The monoisotopic (exact) mass is 319 g/mol. The van der Waals surface area contributed by atoms with E-state index >= 15 is 0 Å². The summed E-state index contributed by atoms with van der Waals surface area (Å²) in [5.74, 6) is -0.509. The average Bonchev–Trinajstić information content (AvgIpc) is 2.49. The maximum Gasteiger partial charge on any atom is 0.407 e. The van der Waals surface area contributed by atoms with Gasteiger partial charge in [0, 0.05) is 19.2 Å². The van der Waals surface area contributed by atoms with E-state index in [-0.39, 0.29) is 13.2 Å².